The normalized spacial score (nSPS) is 19.4. The van der Waals surface area contributed by atoms with Crippen LogP contribution >= 0.6 is 0 Å². The average molecular weight is 417 g/mol. The van der Waals surface area contributed by atoms with Crippen molar-refractivity contribution >= 4 is 27.9 Å². The maximum atomic E-state index is 13.5. The zero-order chi connectivity index (χ0) is 22.1. The fourth-order valence-corrected chi connectivity index (χ4v) is 4.81. The lowest BCUT2D eigenvalue weighted by Crippen LogP contribution is -2.37. The van der Waals surface area contributed by atoms with Crippen LogP contribution in [-0.2, 0) is 4.79 Å². The van der Waals surface area contributed by atoms with E-state index < -0.39 is 16.5 Å². The number of allylic oxidation sites excluding steroid dienone is 2. The van der Waals surface area contributed by atoms with E-state index in [1.165, 1.54) is 27.6 Å². The number of nitro groups is 1. The molecule has 8 heteroatoms. The molecule has 0 N–H and O–H groups in total. The molecule has 1 aliphatic carbocycles. The Bertz CT molecular complexity index is 1460. The largest absolute Gasteiger partial charge is 0.294 e. The molecule has 1 aromatic heterocycles. The highest BCUT2D eigenvalue weighted by molar-refractivity contribution is 6.04. The van der Waals surface area contributed by atoms with Crippen LogP contribution in [0.2, 0.25) is 0 Å². The van der Waals surface area contributed by atoms with E-state index in [1.54, 1.807) is 30.3 Å². The minimum absolute atomic E-state index is 0.141. The summed E-state index contributed by atoms with van der Waals surface area (Å²) >= 11 is 0. The molecule has 0 bridgehead atoms. The van der Waals surface area contributed by atoms with Gasteiger partial charge in [0.2, 0.25) is 0 Å². The molecule has 31 heavy (non-hydrogen) atoms. The van der Waals surface area contributed by atoms with Crippen molar-refractivity contribution in [2.45, 2.75) is 32.7 Å². The Hall–Kier alpha value is -3.81. The summed E-state index contributed by atoms with van der Waals surface area (Å²) in [6.07, 6.45) is 0.714. The van der Waals surface area contributed by atoms with Gasteiger partial charge in [0.05, 0.1) is 21.4 Å². The third kappa shape index (κ3) is 2.71. The fraction of sp³-hybridized carbons (Fsp3) is 0.261. The van der Waals surface area contributed by atoms with Crippen LogP contribution in [0.4, 0.5) is 5.69 Å². The predicted molar refractivity (Wildman–Crippen MR) is 115 cm³/mol. The van der Waals surface area contributed by atoms with E-state index in [2.05, 4.69) is 0 Å². The Labute approximate surface area is 176 Å². The Morgan fingerprint density at radius 3 is 2.32 bits per heavy atom. The lowest BCUT2D eigenvalue weighted by Gasteiger charge is -2.30. The van der Waals surface area contributed by atoms with Crippen molar-refractivity contribution in [3.8, 4) is 0 Å². The molecular weight excluding hydrogens is 398 g/mol. The van der Waals surface area contributed by atoms with E-state index in [9.17, 15) is 24.5 Å². The molecule has 5 rings (SSSR count). The van der Waals surface area contributed by atoms with Crippen LogP contribution in [0.15, 0.2) is 63.7 Å². The summed E-state index contributed by atoms with van der Waals surface area (Å²) in [6, 6.07) is 11.6. The standard InChI is InChI=1S/C23H19N3O5/c1-23(2)11-17-19(18(27)12-23)20(13-6-5-7-14(10-13)26(30)31)25-22(29)16-9-4-3-8-15(16)21(28)24(17)25/h3-10,20H,11-12H2,1-2H3. The quantitative estimate of drug-likeness (QED) is 0.470. The summed E-state index contributed by atoms with van der Waals surface area (Å²) in [4.78, 5) is 51.0. The first-order valence-electron chi connectivity index (χ1n) is 9.97. The van der Waals surface area contributed by atoms with Crippen molar-refractivity contribution in [3.05, 3.63) is 90.5 Å². The van der Waals surface area contributed by atoms with Gasteiger partial charge in [0, 0.05) is 24.1 Å². The molecule has 156 valence electrons. The number of aromatic nitrogens is 2. The molecule has 2 aromatic carbocycles. The van der Waals surface area contributed by atoms with Gasteiger partial charge in [-0.3, -0.25) is 24.5 Å². The van der Waals surface area contributed by atoms with Crippen LogP contribution in [-0.4, -0.2) is 20.1 Å². The third-order valence-electron chi connectivity index (χ3n) is 6.07. The van der Waals surface area contributed by atoms with Crippen molar-refractivity contribution in [1.82, 2.24) is 9.36 Å². The van der Waals surface area contributed by atoms with E-state index in [1.807, 2.05) is 13.8 Å². The molecule has 0 amide bonds. The molecule has 0 radical (unpaired) electrons. The van der Waals surface area contributed by atoms with E-state index >= 15 is 0 Å². The van der Waals surface area contributed by atoms with Gasteiger partial charge in [0.1, 0.15) is 6.04 Å². The first kappa shape index (κ1) is 19.2. The first-order chi connectivity index (χ1) is 14.7. The zero-order valence-electron chi connectivity index (χ0n) is 17.0. The number of non-ortho nitro benzene ring substituents is 1. The van der Waals surface area contributed by atoms with Gasteiger partial charge in [-0.2, -0.15) is 0 Å². The number of rotatable bonds is 2. The maximum absolute atomic E-state index is 13.5. The molecule has 0 spiro atoms. The molecule has 2 heterocycles. The van der Waals surface area contributed by atoms with Gasteiger partial charge >= 0.3 is 0 Å². The second kappa shape index (κ2) is 6.34. The summed E-state index contributed by atoms with van der Waals surface area (Å²) in [5, 5.41) is 11.9. The lowest BCUT2D eigenvalue weighted by atomic mass is 9.74. The summed E-state index contributed by atoms with van der Waals surface area (Å²) in [7, 11) is 0. The van der Waals surface area contributed by atoms with Crippen molar-refractivity contribution in [2.24, 2.45) is 5.41 Å². The number of nitro benzene ring substituents is 1. The molecule has 8 nitrogen and oxygen atoms in total. The van der Waals surface area contributed by atoms with E-state index in [0.29, 0.717) is 23.3 Å². The summed E-state index contributed by atoms with van der Waals surface area (Å²) < 4.78 is 2.62. The summed E-state index contributed by atoms with van der Waals surface area (Å²) in [5.41, 5.74) is 0.00265. The minimum atomic E-state index is -0.886. The average Bonchev–Trinajstić information content (AvgIpc) is 3.06. The van der Waals surface area contributed by atoms with Crippen LogP contribution in [0.3, 0.4) is 0 Å². The van der Waals surface area contributed by atoms with Crippen LogP contribution in [0.1, 0.15) is 38.3 Å². The van der Waals surface area contributed by atoms with Crippen molar-refractivity contribution < 1.29 is 9.72 Å². The van der Waals surface area contributed by atoms with Gasteiger partial charge in [0.25, 0.3) is 16.8 Å². The Morgan fingerprint density at radius 2 is 1.65 bits per heavy atom. The van der Waals surface area contributed by atoms with E-state index in [4.69, 9.17) is 0 Å². The Balaban J connectivity index is 1.91. The SMILES string of the molecule is CC1(C)CC(=O)C2=C(C1)n1c(=O)c3ccccc3c(=O)n1C2c1cccc([N+](=O)[O-])c1. The minimum Gasteiger partial charge on any atom is -0.294 e. The number of carbonyl (C=O) groups is 1. The lowest BCUT2D eigenvalue weighted by molar-refractivity contribution is -0.384. The van der Waals surface area contributed by atoms with Gasteiger partial charge in [-0.25, -0.2) is 9.36 Å². The van der Waals surface area contributed by atoms with Gasteiger partial charge < -0.3 is 0 Å². The molecular formula is C23H19N3O5. The molecule has 1 aliphatic heterocycles. The number of carbonyl (C=O) groups excluding carboxylic acids is 1. The number of hydrogen-bond acceptors (Lipinski definition) is 5. The predicted octanol–water partition coefficient (Wildman–Crippen LogP) is 3.27. The summed E-state index contributed by atoms with van der Waals surface area (Å²) in [5.74, 6) is -0.151. The van der Waals surface area contributed by atoms with Crippen LogP contribution in [0.25, 0.3) is 16.5 Å². The number of fused-ring (bicyclic) bond motifs is 3. The monoisotopic (exact) mass is 417 g/mol. The smallest absolute Gasteiger partial charge is 0.277 e. The Kier molecular flexibility index (Phi) is 3.92. The van der Waals surface area contributed by atoms with Crippen LogP contribution < -0.4 is 11.1 Å². The van der Waals surface area contributed by atoms with Crippen molar-refractivity contribution in [2.75, 3.05) is 0 Å². The van der Waals surface area contributed by atoms with Gasteiger partial charge in [0.15, 0.2) is 5.78 Å². The van der Waals surface area contributed by atoms with Crippen LogP contribution in [0.5, 0.6) is 0 Å². The molecule has 3 aromatic rings. The molecule has 1 unspecified atom stereocenters. The highest BCUT2D eigenvalue weighted by Gasteiger charge is 2.44. The van der Waals surface area contributed by atoms with Gasteiger partial charge in [-0.15, -0.1) is 0 Å². The maximum Gasteiger partial charge on any atom is 0.277 e. The number of nitrogens with zero attached hydrogens (tertiary/aromatic N) is 3. The third-order valence-corrected chi connectivity index (χ3v) is 6.07. The number of benzene rings is 2. The summed E-state index contributed by atoms with van der Waals surface area (Å²) in [6.45, 7) is 3.90. The van der Waals surface area contributed by atoms with Crippen LogP contribution in [0, 0.1) is 15.5 Å². The van der Waals surface area contributed by atoms with E-state index in [-0.39, 0.29) is 39.6 Å². The molecule has 0 saturated carbocycles. The zero-order valence-corrected chi connectivity index (χ0v) is 17.0. The van der Waals surface area contributed by atoms with Crippen molar-refractivity contribution in [3.63, 3.8) is 0 Å². The second-order valence-electron chi connectivity index (χ2n) is 8.87. The molecule has 0 saturated heterocycles. The fourth-order valence-electron chi connectivity index (χ4n) is 4.81. The first-order valence-corrected chi connectivity index (χ1v) is 9.97. The Morgan fingerprint density at radius 1 is 0.968 bits per heavy atom. The molecule has 2 aliphatic rings. The molecule has 0 fully saturated rings. The second-order valence-corrected chi connectivity index (χ2v) is 8.87. The highest BCUT2D eigenvalue weighted by atomic mass is 16.6. The number of ketones is 1. The van der Waals surface area contributed by atoms with Gasteiger partial charge in [-0.1, -0.05) is 38.1 Å². The van der Waals surface area contributed by atoms with Gasteiger partial charge in [-0.05, 0) is 29.5 Å². The molecule has 1 atom stereocenters. The number of Topliss-reactive ketones (excluding diaryl/α,β-unsaturated/α-hetero) is 1. The highest BCUT2D eigenvalue weighted by Crippen LogP contribution is 2.47. The number of hydrogen-bond donors (Lipinski definition) is 0. The topological polar surface area (TPSA) is 104 Å². The van der Waals surface area contributed by atoms with Crippen molar-refractivity contribution in [1.29, 1.82) is 0 Å². The van der Waals surface area contributed by atoms with E-state index in [0.717, 1.165) is 0 Å².